The molecule has 0 aliphatic carbocycles. The molecule has 2 atom stereocenters. The fourth-order valence-electron chi connectivity index (χ4n) is 2.34. The average molecular weight is 262 g/mol. The lowest BCUT2D eigenvalue weighted by molar-refractivity contribution is -0.128. The molecule has 2 unspecified atom stereocenters. The summed E-state index contributed by atoms with van der Waals surface area (Å²) in [6.07, 6.45) is 2.68. The number of nitrogens with zero attached hydrogens (tertiary/aromatic N) is 1. The van der Waals surface area contributed by atoms with Crippen LogP contribution in [0.2, 0.25) is 0 Å². The summed E-state index contributed by atoms with van der Waals surface area (Å²) in [5, 5.41) is 6.26. The van der Waals surface area contributed by atoms with E-state index in [9.17, 15) is 9.59 Å². The van der Waals surface area contributed by atoms with Crippen LogP contribution in [0, 0.1) is 5.92 Å². The topological polar surface area (TPSA) is 61.4 Å². The van der Waals surface area contributed by atoms with Crippen LogP contribution in [0.4, 0.5) is 0 Å². The largest absolute Gasteiger partial charge is 0.354 e. The van der Waals surface area contributed by atoms with Gasteiger partial charge in [0.15, 0.2) is 0 Å². The lowest BCUT2D eigenvalue weighted by Gasteiger charge is -2.14. The Morgan fingerprint density at radius 2 is 2.35 bits per heavy atom. The van der Waals surface area contributed by atoms with E-state index in [1.54, 1.807) is 11.9 Å². The molecule has 2 amide bonds. The van der Waals surface area contributed by atoms with Crippen LogP contribution in [-0.4, -0.2) is 49.4 Å². The Hall–Kier alpha value is -0.810. The van der Waals surface area contributed by atoms with Gasteiger partial charge in [-0.05, 0) is 19.4 Å². The smallest absolute Gasteiger partial charge is 0.225 e. The molecule has 0 bridgehead atoms. The van der Waals surface area contributed by atoms with Gasteiger partial charge in [-0.1, -0.05) is 0 Å². The van der Waals surface area contributed by atoms with Gasteiger partial charge in [0, 0.05) is 32.6 Å². The summed E-state index contributed by atoms with van der Waals surface area (Å²) in [6, 6.07) is 0.416. The second-order valence-corrected chi connectivity index (χ2v) is 4.71. The number of likely N-dealkylation sites (tertiary alicyclic amines) is 1. The molecule has 2 saturated heterocycles. The van der Waals surface area contributed by atoms with Gasteiger partial charge in [-0.25, -0.2) is 0 Å². The Morgan fingerprint density at radius 1 is 1.59 bits per heavy atom. The molecule has 0 aromatic rings. The normalized spacial score (nSPS) is 28.1. The molecule has 6 heteroatoms. The van der Waals surface area contributed by atoms with Crippen LogP contribution in [0.1, 0.15) is 19.3 Å². The van der Waals surface area contributed by atoms with Crippen LogP contribution in [0.15, 0.2) is 0 Å². The van der Waals surface area contributed by atoms with Crippen molar-refractivity contribution in [2.45, 2.75) is 25.3 Å². The van der Waals surface area contributed by atoms with Gasteiger partial charge in [-0.3, -0.25) is 9.59 Å². The summed E-state index contributed by atoms with van der Waals surface area (Å²) in [4.78, 5) is 24.7. The molecule has 2 fully saturated rings. The van der Waals surface area contributed by atoms with E-state index in [-0.39, 0.29) is 30.1 Å². The maximum atomic E-state index is 11.8. The van der Waals surface area contributed by atoms with Crippen molar-refractivity contribution in [2.24, 2.45) is 5.92 Å². The summed E-state index contributed by atoms with van der Waals surface area (Å²) >= 11 is 0. The fourth-order valence-corrected chi connectivity index (χ4v) is 2.34. The number of rotatable bonds is 3. The van der Waals surface area contributed by atoms with E-state index in [4.69, 9.17) is 0 Å². The zero-order valence-corrected chi connectivity index (χ0v) is 10.9. The molecule has 0 aromatic carbocycles. The Balaban J connectivity index is 0.00000144. The molecule has 5 nitrogen and oxygen atoms in total. The number of carbonyl (C=O) groups excluding carboxylic acids is 2. The van der Waals surface area contributed by atoms with E-state index in [2.05, 4.69) is 10.6 Å². The van der Waals surface area contributed by atoms with Gasteiger partial charge < -0.3 is 15.5 Å². The van der Waals surface area contributed by atoms with Crippen molar-refractivity contribution >= 4 is 24.2 Å². The first-order valence-corrected chi connectivity index (χ1v) is 5.92. The fraction of sp³-hybridized carbons (Fsp3) is 0.818. The van der Waals surface area contributed by atoms with E-state index < -0.39 is 0 Å². The van der Waals surface area contributed by atoms with Gasteiger partial charge in [0.2, 0.25) is 11.8 Å². The highest BCUT2D eigenvalue weighted by atomic mass is 35.5. The summed E-state index contributed by atoms with van der Waals surface area (Å²) in [5.41, 5.74) is 0. The van der Waals surface area contributed by atoms with Crippen molar-refractivity contribution in [3.05, 3.63) is 0 Å². The van der Waals surface area contributed by atoms with E-state index in [0.717, 1.165) is 13.0 Å². The highest BCUT2D eigenvalue weighted by Gasteiger charge is 2.32. The minimum Gasteiger partial charge on any atom is -0.354 e. The Bertz CT molecular complexity index is 292. The molecule has 17 heavy (non-hydrogen) atoms. The predicted molar refractivity (Wildman–Crippen MR) is 67.0 cm³/mol. The number of hydrogen-bond donors (Lipinski definition) is 2. The number of nitrogens with one attached hydrogen (secondary N) is 2. The van der Waals surface area contributed by atoms with Crippen molar-refractivity contribution in [3.8, 4) is 0 Å². The first kappa shape index (κ1) is 14.3. The molecule has 2 N–H and O–H groups in total. The first-order chi connectivity index (χ1) is 7.66. The second kappa shape index (κ2) is 6.21. The molecular formula is C11H20ClN3O2. The van der Waals surface area contributed by atoms with Crippen LogP contribution >= 0.6 is 12.4 Å². The molecule has 2 aliphatic heterocycles. The van der Waals surface area contributed by atoms with Gasteiger partial charge in [-0.2, -0.15) is 0 Å². The van der Waals surface area contributed by atoms with Gasteiger partial charge in [0.1, 0.15) is 0 Å². The molecule has 2 aliphatic rings. The molecule has 2 rings (SSSR count). The molecule has 98 valence electrons. The third-order valence-electron chi connectivity index (χ3n) is 3.40. The lowest BCUT2D eigenvalue weighted by atomic mass is 10.1. The zero-order valence-electron chi connectivity index (χ0n) is 10.1. The minimum absolute atomic E-state index is 0. The number of amides is 2. The maximum absolute atomic E-state index is 11.8. The quantitative estimate of drug-likeness (QED) is 0.737. The lowest BCUT2D eigenvalue weighted by Crippen LogP contribution is -2.40. The maximum Gasteiger partial charge on any atom is 0.225 e. The number of carbonyl (C=O) groups is 2. The van der Waals surface area contributed by atoms with Crippen molar-refractivity contribution in [1.82, 2.24) is 15.5 Å². The van der Waals surface area contributed by atoms with Crippen molar-refractivity contribution in [2.75, 3.05) is 26.7 Å². The first-order valence-electron chi connectivity index (χ1n) is 5.92. The molecule has 0 aromatic heterocycles. The van der Waals surface area contributed by atoms with Crippen molar-refractivity contribution < 1.29 is 9.59 Å². The third kappa shape index (κ3) is 3.57. The average Bonchev–Trinajstić information content (AvgIpc) is 2.86. The van der Waals surface area contributed by atoms with Gasteiger partial charge in [0.25, 0.3) is 0 Å². The van der Waals surface area contributed by atoms with Crippen LogP contribution < -0.4 is 10.6 Å². The van der Waals surface area contributed by atoms with Gasteiger partial charge in [0.05, 0.1) is 5.92 Å². The highest BCUT2D eigenvalue weighted by Crippen LogP contribution is 2.15. The second-order valence-electron chi connectivity index (χ2n) is 4.71. The van der Waals surface area contributed by atoms with Crippen molar-refractivity contribution in [1.29, 1.82) is 0 Å². The summed E-state index contributed by atoms with van der Waals surface area (Å²) < 4.78 is 0. The monoisotopic (exact) mass is 261 g/mol. The van der Waals surface area contributed by atoms with Crippen LogP contribution in [-0.2, 0) is 9.59 Å². The summed E-state index contributed by atoms with van der Waals surface area (Å²) in [6.45, 7) is 2.29. The molecule has 0 radical (unpaired) electrons. The van der Waals surface area contributed by atoms with E-state index in [0.29, 0.717) is 25.6 Å². The molecule has 2 heterocycles. The SMILES string of the molecule is CN1CC(C(=O)NCC2CCCN2)CC1=O.Cl. The molecular weight excluding hydrogens is 242 g/mol. The molecule has 0 spiro atoms. The van der Waals surface area contributed by atoms with E-state index >= 15 is 0 Å². The number of hydrogen-bond acceptors (Lipinski definition) is 3. The Morgan fingerprint density at radius 3 is 2.88 bits per heavy atom. The van der Waals surface area contributed by atoms with Crippen molar-refractivity contribution in [3.63, 3.8) is 0 Å². The zero-order chi connectivity index (χ0) is 11.5. The Kier molecular flexibility index (Phi) is 5.21. The van der Waals surface area contributed by atoms with Crippen LogP contribution in [0.25, 0.3) is 0 Å². The summed E-state index contributed by atoms with van der Waals surface area (Å²) in [5.74, 6) is -0.0653. The van der Waals surface area contributed by atoms with Gasteiger partial charge in [-0.15, -0.1) is 12.4 Å². The van der Waals surface area contributed by atoms with E-state index in [1.165, 1.54) is 6.42 Å². The number of halogens is 1. The third-order valence-corrected chi connectivity index (χ3v) is 3.40. The predicted octanol–water partition coefficient (Wildman–Crippen LogP) is -0.245. The van der Waals surface area contributed by atoms with Gasteiger partial charge >= 0.3 is 0 Å². The summed E-state index contributed by atoms with van der Waals surface area (Å²) in [7, 11) is 1.74. The Labute approximate surface area is 108 Å². The minimum atomic E-state index is -0.154. The van der Waals surface area contributed by atoms with Crippen LogP contribution in [0.5, 0.6) is 0 Å². The standard InChI is InChI=1S/C11H19N3O2.ClH/c1-14-7-8(5-10(14)15)11(16)13-6-9-3-2-4-12-9;/h8-9,12H,2-7H2,1H3,(H,13,16);1H. The highest BCUT2D eigenvalue weighted by molar-refractivity contribution is 5.89. The molecule has 0 saturated carbocycles. The van der Waals surface area contributed by atoms with Crippen LogP contribution in [0.3, 0.4) is 0 Å². The van der Waals surface area contributed by atoms with E-state index in [1.807, 2.05) is 0 Å².